The van der Waals surface area contributed by atoms with Crippen LogP contribution in [-0.2, 0) is 25.7 Å². The number of hydrogen-bond donors (Lipinski definition) is 1. The summed E-state index contributed by atoms with van der Waals surface area (Å²) in [6, 6.07) is 7.46. The predicted molar refractivity (Wildman–Crippen MR) is 85.8 cm³/mol. The van der Waals surface area contributed by atoms with Crippen LogP contribution < -0.4 is 4.74 Å². The van der Waals surface area contributed by atoms with E-state index in [-0.39, 0.29) is 18.9 Å². The number of benzene rings is 1. The summed E-state index contributed by atoms with van der Waals surface area (Å²) in [5.41, 5.74) is 0.916. The van der Waals surface area contributed by atoms with E-state index in [0.29, 0.717) is 19.8 Å². The molecular formula is C17H23NO6. The van der Waals surface area contributed by atoms with Gasteiger partial charge in [0.2, 0.25) is 0 Å². The third-order valence-electron chi connectivity index (χ3n) is 3.83. The zero-order valence-corrected chi connectivity index (χ0v) is 13.9. The van der Waals surface area contributed by atoms with Crippen LogP contribution in [0, 0.1) is 0 Å². The Balaban J connectivity index is 1.85. The number of nitrogens with zero attached hydrogens (tertiary/aromatic N) is 1. The Kier molecular flexibility index (Phi) is 6.57. The van der Waals surface area contributed by atoms with E-state index in [1.54, 1.807) is 18.9 Å². The van der Waals surface area contributed by atoms with E-state index in [4.69, 9.17) is 19.3 Å². The first-order valence-electron chi connectivity index (χ1n) is 7.86. The Morgan fingerprint density at radius 3 is 2.96 bits per heavy atom. The van der Waals surface area contributed by atoms with Crippen molar-refractivity contribution in [3.05, 3.63) is 29.8 Å². The van der Waals surface area contributed by atoms with Gasteiger partial charge in [0.15, 0.2) is 0 Å². The van der Waals surface area contributed by atoms with Gasteiger partial charge in [0.05, 0.1) is 32.8 Å². The Hall–Kier alpha value is -2.12. The average molecular weight is 337 g/mol. The molecule has 1 fully saturated rings. The van der Waals surface area contributed by atoms with Crippen molar-refractivity contribution < 1.29 is 28.9 Å². The molecule has 1 N–H and O–H groups in total. The molecule has 7 nitrogen and oxygen atoms in total. The van der Waals surface area contributed by atoms with E-state index in [0.717, 1.165) is 11.3 Å². The van der Waals surface area contributed by atoms with E-state index in [1.807, 2.05) is 24.3 Å². The standard InChI is InChI=1S/C17H23NO6/c1-12(24-11-13-4-3-5-14(8-13)22-2)17(21)18-6-7-23-15(10-18)9-16(19)20/h3-5,8,12,15H,6-7,9-11H2,1-2H3,(H,19,20)/t12-,15+/m1/s1. The molecule has 0 saturated carbocycles. The zero-order chi connectivity index (χ0) is 17.5. The summed E-state index contributed by atoms with van der Waals surface area (Å²) in [5, 5.41) is 8.83. The largest absolute Gasteiger partial charge is 0.497 e. The SMILES string of the molecule is COc1cccc(CO[C@H](C)C(=O)N2CCO[C@@H](CC(=O)O)C2)c1. The van der Waals surface area contributed by atoms with Crippen molar-refractivity contribution in [2.75, 3.05) is 26.8 Å². The molecule has 1 aromatic rings. The molecular weight excluding hydrogens is 314 g/mol. The number of carbonyl (C=O) groups excluding carboxylic acids is 1. The van der Waals surface area contributed by atoms with Crippen LogP contribution in [0.3, 0.4) is 0 Å². The highest BCUT2D eigenvalue weighted by Crippen LogP contribution is 2.15. The van der Waals surface area contributed by atoms with Crippen molar-refractivity contribution in [1.29, 1.82) is 0 Å². The summed E-state index contributed by atoms with van der Waals surface area (Å²) in [7, 11) is 1.60. The molecule has 0 radical (unpaired) electrons. The van der Waals surface area contributed by atoms with Crippen LogP contribution in [0.2, 0.25) is 0 Å². The van der Waals surface area contributed by atoms with Crippen molar-refractivity contribution in [3.63, 3.8) is 0 Å². The van der Waals surface area contributed by atoms with Crippen molar-refractivity contribution in [2.24, 2.45) is 0 Å². The Bertz CT molecular complexity index is 576. The second-order valence-electron chi connectivity index (χ2n) is 5.68. The van der Waals surface area contributed by atoms with Gasteiger partial charge in [-0.3, -0.25) is 9.59 Å². The van der Waals surface area contributed by atoms with Gasteiger partial charge < -0.3 is 24.2 Å². The third-order valence-corrected chi connectivity index (χ3v) is 3.83. The van der Waals surface area contributed by atoms with Crippen LogP contribution in [0.5, 0.6) is 5.75 Å². The molecule has 132 valence electrons. The van der Waals surface area contributed by atoms with E-state index in [1.165, 1.54) is 0 Å². The summed E-state index contributed by atoms with van der Waals surface area (Å²) in [6.45, 7) is 3.06. The smallest absolute Gasteiger partial charge is 0.306 e. The monoisotopic (exact) mass is 337 g/mol. The van der Waals surface area contributed by atoms with Gasteiger partial charge in [-0.05, 0) is 24.6 Å². The molecule has 0 aliphatic carbocycles. The van der Waals surface area contributed by atoms with Gasteiger partial charge in [-0.25, -0.2) is 0 Å². The van der Waals surface area contributed by atoms with Gasteiger partial charge in [0, 0.05) is 13.1 Å². The van der Waals surface area contributed by atoms with Gasteiger partial charge in [-0.15, -0.1) is 0 Å². The quantitative estimate of drug-likeness (QED) is 0.807. The maximum Gasteiger partial charge on any atom is 0.306 e. The Morgan fingerprint density at radius 1 is 1.46 bits per heavy atom. The molecule has 1 saturated heterocycles. The number of amides is 1. The lowest BCUT2D eigenvalue weighted by molar-refractivity contribution is -0.154. The average Bonchev–Trinajstić information content (AvgIpc) is 2.58. The predicted octanol–water partition coefficient (Wildman–Crippen LogP) is 1.30. The zero-order valence-electron chi connectivity index (χ0n) is 13.9. The van der Waals surface area contributed by atoms with E-state index in [9.17, 15) is 9.59 Å². The van der Waals surface area contributed by atoms with Gasteiger partial charge in [0.25, 0.3) is 5.91 Å². The molecule has 1 aliphatic rings. The van der Waals surface area contributed by atoms with E-state index >= 15 is 0 Å². The van der Waals surface area contributed by atoms with Crippen LogP contribution in [0.15, 0.2) is 24.3 Å². The number of carboxylic acids is 1. The molecule has 2 atom stereocenters. The van der Waals surface area contributed by atoms with Gasteiger partial charge in [-0.1, -0.05) is 12.1 Å². The second-order valence-corrected chi connectivity index (χ2v) is 5.68. The third kappa shape index (κ3) is 5.21. The summed E-state index contributed by atoms with van der Waals surface area (Å²) in [5.74, 6) is -0.354. The minimum Gasteiger partial charge on any atom is -0.497 e. The lowest BCUT2D eigenvalue weighted by Gasteiger charge is -2.33. The molecule has 7 heteroatoms. The molecule has 1 heterocycles. The maximum atomic E-state index is 12.4. The number of morpholine rings is 1. The van der Waals surface area contributed by atoms with Gasteiger partial charge in [-0.2, -0.15) is 0 Å². The summed E-state index contributed by atoms with van der Waals surface area (Å²) in [4.78, 5) is 24.8. The van der Waals surface area contributed by atoms with Crippen molar-refractivity contribution in [3.8, 4) is 5.75 Å². The first-order valence-corrected chi connectivity index (χ1v) is 7.86. The van der Waals surface area contributed by atoms with Crippen LogP contribution >= 0.6 is 0 Å². The Morgan fingerprint density at radius 2 is 2.25 bits per heavy atom. The minimum absolute atomic E-state index is 0.108. The fourth-order valence-corrected chi connectivity index (χ4v) is 2.55. The number of carboxylic acid groups (broad SMARTS) is 1. The number of hydrogen-bond acceptors (Lipinski definition) is 5. The van der Waals surface area contributed by atoms with Crippen LogP contribution in [0.1, 0.15) is 18.9 Å². The Labute approximate surface area is 141 Å². The van der Waals surface area contributed by atoms with E-state index < -0.39 is 18.2 Å². The molecule has 1 amide bonds. The molecule has 0 bridgehead atoms. The number of carbonyl (C=O) groups is 2. The summed E-state index contributed by atoms with van der Waals surface area (Å²) >= 11 is 0. The minimum atomic E-state index is -0.934. The second kappa shape index (κ2) is 8.65. The fourth-order valence-electron chi connectivity index (χ4n) is 2.55. The molecule has 1 aliphatic heterocycles. The summed E-state index contributed by atoms with van der Waals surface area (Å²) < 4.78 is 16.2. The molecule has 1 aromatic carbocycles. The molecule has 24 heavy (non-hydrogen) atoms. The van der Waals surface area contributed by atoms with Crippen molar-refractivity contribution >= 4 is 11.9 Å². The molecule has 0 unspecified atom stereocenters. The highest BCUT2D eigenvalue weighted by molar-refractivity contribution is 5.80. The maximum absolute atomic E-state index is 12.4. The normalized spacial score (nSPS) is 18.9. The molecule has 0 aromatic heterocycles. The highest BCUT2D eigenvalue weighted by atomic mass is 16.5. The van der Waals surface area contributed by atoms with Crippen LogP contribution in [0.4, 0.5) is 0 Å². The van der Waals surface area contributed by atoms with Gasteiger partial charge in [0.1, 0.15) is 11.9 Å². The number of methoxy groups -OCH3 is 1. The van der Waals surface area contributed by atoms with Gasteiger partial charge >= 0.3 is 5.97 Å². The highest BCUT2D eigenvalue weighted by Gasteiger charge is 2.28. The fraction of sp³-hybridized carbons (Fsp3) is 0.529. The lowest BCUT2D eigenvalue weighted by Crippen LogP contribution is -2.49. The number of rotatable bonds is 7. The summed E-state index contributed by atoms with van der Waals surface area (Å²) in [6.07, 6.45) is -1.19. The van der Waals surface area contributed by atoms with E-state index in [2.05, 4.69) is 0 Å². The van der Waals surface area contributed by atoms with Crippen LogP contribution in [-0.4, -0.2) is 60.9 Å². The lowest BCUT2D eigenvalue weighted by atomic mass is 10.2. The topological polar surface area (TPSA) is 85.3 Å². The molecule has 2 rings (SSSR count). The molecule has 0 spiro atoms. The van der Waals surface area contributed by atoms with Crippen molar-refractivity contribution in [1.82, 2.24) is 4.90 Å². The first kappa shape index (κ1) is 18.2. The van der Waals surface area contributed by atoms with Crippen molar-refractivity contribution in [2.45, 2.75) is 32.2 Å². The van der Waals surface area contributed by atoms with Crippen LogP contribution in [0.25, 0.3) is 0 Å². The first-order chi connectivity index (χ1) is 11.5. The number of ether oxygens (including phenoxy) is 3. The number of aliphatic carboxylic acids is 1.